The van der Waals surface area contributed by atoms with E-state index in [2.05, 4.69) is 5.32 Å². The predicted octanol–water partition coefficient (Wildman–Crippen LogP) is 1.79. The van der Waals surface area contributed by atoms with Crippen LogP contribution in [0, 0.1) is 0 Å². The zero-order valence-electron chi connectivity index (χ0n) is 9.86. The Kier molecular flexibility index (Phi) is 3.79. The smallest absolute Gasteiger partial charge is 0.287 e. The van der Waals surface area contributed by atoms with Gasteiger partial charge < -0.3 is 14.8 Å². The van der Waals surface area contributed by atoms with E-state index in [0.29, 0.717) is 5.76 Å². The van der Waals surface area contributed by atoms with E-state index in [1.807, 2.05) is 12.3 Å². The molecule has 0 unspecified atom stereocenters. The van der Waals surface area contributed by atoms with Crippen molar-refractivity contribution in [1.82, 2.24) is 5.32 Å². The van der Waals surface area contributed by atoms with Gasteiger partial charge in [0.25, 0.3) is 5.91 Å². The van der Waals surface area contributed by atoms with Crippen LogP contribution in [-0.2, 0) is 5.75 Å². The summed E-state index contributed by atoms with van der Waals surface area (Å²) in [5.74, 6) is 1.66. The summed E-state index contributed by atoms with van der Waals surface area (Å²) in [6.45, 7) is -0.00286. The standard InChI is InChI=1S/C12H17NO3S/c1-17-7-9-3-4-10(16-9)11(15)13-12(8-14)5-2-6-12/h3-4,14H,2,5-8H2,1H3,(H,13,15). The molecule has 0 saturated heterocycles. The summed E-state index contributed by atoms with van der Waals surface area (Å²) < 4.78 is 5.43. The normalized spacial score (nSPS) is 17.5. The van der Waals surface area contributed by atoms with E-state index in [9.17, 15) is 9.90 Å². The zero-order chi connectivity index (χ0) is 12.3. The first-order chi connectivity index (χ1) is 8.19. The summed E-state index contributed by atoms with van der Waals surface area (Å²) in [6.07, 6.45) is 4.72. The van der Waals surface area contributed by atoms with E-state index in [1.54, 1.807) is 17.8 Å². The van der Waals surface area contributed by atoms with Gasteiger partial charge in [-0.15, -0.1) is 0 Å². The highest BCUT2D eigenvalue weighted by Crippen LogP contribution is 2.31. The summed E-state index contributed by atoms with van der Waals surface area (Å²) in [5.41, 5.74) is -0.413. The highest BCUT2D eigenvalue weighted by molar-refractivity contribution is 7.97. The highest BCUT2D eigenvalue weighted by atomic mass is 32.2. The number of hydrogen-bond acceptors (Lipinski definition) is 4. The quantitative estimate of drug-likeness (QED) is 0.842. The molecule has 1 aliphatic carbocycles. The van der Waals surface area contributed by atoms with E-state index >= 15 is 0 Å². The van der Waals surface area contributed by atoms with Crippen LogP contribution in [-0.4, -0.2) is 29.4 Å². The Bertz CT molecular complexity index is 393. The largest absolute Gasteiger partial charge is 0.455 e. The minimum atomic E-state index is -0.413. The second kappa shape index (κ2) is 5.14. The van der Waals surface area contributed by atoms with E-state index in [1.165, 1.54) is 0 Å². The fraction of sp³-hybridized carbons (Fsp3) is 0.583. The van der Waals surface area contributed by atoms with Crippen molar-refractivity contribution < 1.29 is 14.3 Å². The van der Waals surface area contributed by atoms with Crippen molar-refractivity contribution in [2.75, 3.05) is 12.9 Å². The van der Waals surface area contributed by atoms with Gasteiger partial charge in [-0.2, -0.15) is 11.8 Å². The summed E-state index contributed by atoms with van der Waals surface area (Å²) in [4.78, 5) is 11.9. The SMILES string of the molecule is CSCc1ccc(C(=O)NC2(CO)CCC2)o1. The van der Waals surface area contributed by atoms with Gasteiger partial charge in [-0.3, -0.25) is 4.79 Å². The van der Waals surface area contributed by atoms with Gasteiger partial charge in [0.15, 0.2) is 5.76 Å². The number of aliphatic hydroxyl groups excluding tert-OH is 1. The number of carbonyl (C=O) groups excluding carboxylic acids is 1. The lowest BCUT2D eigenvalue weighted by Crippen LogP contribution is -2.56. The molecule has 2 N–H and O–H groups in total. The van der Waals surface area contributed by atoms with Gasteiger partial charge in [-0.25, -0.2) is 0 Å². The summed E-state index contributed by atoms with van der Waals surface area (Å²) in [5, 5.41) is 12.1. The molecule has 1 fully saturated rings. The molecule has 17 heavy (non-hydrogen) atoms. The lowest BCUT2D eigenvalue weighted by Gasteiger charge is -2.40. The first kappa shape index (κ1) is 12.5. The van der Waals surface area contributed by atoms with Crippen LogP contribution in [0.4, 0.5) is 0 Å². The van der Waals surface area contributed by atoms with Gasteiger partial charge in [0.05, 0.1) is 17.9 Å². The van der Waals surface area contributed by atoms with Crippen LogP contribution < -0.4 is 5.32 Å². The number of carbonyl (C=O) groups is 1. The Balaban J connectivity index is 1.99. The molecule has 0 bridgehead atoms. The lowest BCUT2D eigenvalue weighted by molar-refractivity contribution is 0.0618. The molecular formula is C12H17NO3S. The van der Waals surface area contributed by atoms with E-state index in [0.717, 1.165) is 30.8 Å². The number of furan rings is 1. The van der Waals surface area contributed by atoms with Crippen LogP contribution in [0.25, 0.3) is 0 Å². The lowest BCUT2D eigenvalue weighted by atomic mass is 9.77. The fourth-order valence-electron chi connectivity index (χ4n) is 1.95. The molecule has 0 aliphatic heterocycles. The molecule has 1 saturated carbocycles. The molecule has 4 nitrogen and oxygen atoms in total. The molecule has 1 aromatic heterocycles. The number of amides is 1. The Morgan fingerprint density at radius 1 is 1.59 bits per heavy atom. The van der Waals surface area contributed by atoms with E-state index < -0.39 is 5.54 Å². The average molecular weight is 255 g/mol. The maximum Gasteiger partial charge on any atom is 0.287 e. The number of hydrogen-bond donors (Lipinski definition) is 2. The molecule has 0 aromatic carbocycles. The Morgan fingerprint density at radius 2 is 2.35 bits per heavy atom. The van der Waals surface area contributed by atoms with Gasteiger partial charge in [0.1, 0.15) is 5.76 Å². The average Bonchev–Trinajstić information content (AvgIpc) is 2.72. The van der Waals surface area contributed by atoms with Gasteiger partial charge in [-0.1, -0.05) is 0 Å². The highest BCUT2D eigenvalue weighted by Gasteiger charge is 2.38. The van der Waals surface area contributed by atoms with Crippen molar-refractivity contribution in [2.45, 2.75) is 30.6 Å². The van der Waals surface area contributed by atoms with Crippen molar-refractivity contribution in [1.29, 1.82) is 0 Å². The Labute approximate surface area is 105 Å². The van der Waals surface area contributed by atoms with E-state index in [-0.39, 0.29) is 12.5 Å². The molecular weight excluding hydrogens is 238 g/mol. The van der Waals surface area contributed by atoms with Crippen molar-refractivity contribution in [3.8, 4) is 0 Å². The fourth-order valence-corrected chi connectivity index (χ4v) is 2.39. The molecule has 94 valence electrons. The molecule has 5 heteroatoms. The van der Waals surface area contributed by atoms with Crippen LogP contribution >= 0.6 is 11.8 Å². The van der Waals surface area contributed by atoms with Gasteiger partial charge in [0.2, 0.25) is 0 Å². The third kappa shape index (κ3) is 2.66. The van der Waals surface area contributed by atoms with Crippen LogP contribution in [0.5, 0.6) is 0 Å². The summed E-state index contributed by atoms with van der Waals surface area (Å²) in [7, 11) is 0. The van der Waals surface area contributed by atoms with Gasteiger partial charge >= 0.3 is 0 Å². The van der Waals surface area contributed by atoms with Crippen LogP contribution in [0.2, 0.25) is 0 Å². The number of aliphatic hydroxyl groups is 1. The second-order valence-electron chi connectivity index (χ2n) is 4.45. The first-order valence-corrected chi connectivity index (χ1v) is 7.09. The zero-order valence-corrected chi connectivity index (χ0v) is 10.7. The van der Waals surface area contributed by atoms with Crippen LogP contribution in [0.1, 0.15) is 35.6 Å². The maximum absolute atomic E-state index is 11.9. The summed E-state index contributed by atoms with van der Waals surface area (Å²) in [6, 6.07) is 3.50. The van der Waals surface area contributed by atoms with Crippen molar-refractivity contribution in [3.05, 3.63) is 23.7 Å². The molecule has 2 rings (SSSR count). The summed E-state index contributed by atoms with van der Waals surface area (Å²) >= 11 is 1.65. The molecule has 1 aliphatic rings. The Morgan fingerprint density at radius 3 is 2.88 bits per heavy atom. The van der Waals surface area contributed by atoms with Crippen LogP contribution in [0.15, 0.2) is 16.5 Å². The van der Waals surface area contributed by atoms with Crippen molar-refractivity contribution in [2.24, 2.45) is 0 Å². The topological polar surface area (TPSA) is 62.5 Å². The predicted molar refractivity (Wildman–Crippen MR) is 67.1 cm³/mol. The third-order valence-corrected chi connectivity index (χ3v) is 3.74. The van der Waals surface area contributed by atoms with Crippen LogP contribution in [0.3, 0.4) is 0 Å². The van der Waals surface area contributed by atoms with Gasteiger partial charge in [0, 0.05) is 0 Å². The monoisotopic (exact) mass is 255 g/mol. The first-order valence-electron chi connectivity index (χ1n) is 5.70. The van der Waals surface area contributed by atoms with E-state index in [4.69, 9.17) is 4.42 Å². The molecule has 1 aromatic rings. The number of nitrogens with one attached hydrogen (secondary N) is 1. The molecule has 1 heterocycles. The van der Waals surface area contributed by atoms with Crippen molar-refractivity contribution >= 4 is 17.7 Å². The maximum atomic E-state index is 11.9. The Hall–Kier alpha value is -0.940. The second-order valence-corrected chi connectivity index (χ2v) is 5.31. The third-order valence-electron chi connectivity index (χ3n) is 3.16. The number of rotatable bonds is 5. The number of thioether (sulfide) groups is 1. The minimum absolute atomic E-state index is 0.00286. The molecule has 0 radical (unpaired) electrons. The van der Waals surface area contributed by atoms with Crippen molar-refractivity contribution in [3.63, 3.8) is 0 Å². The van der Waals surface area contributed by atoms with Gasteiger partial charge in [-0.05, 0) is 37.7 Å². The molecule has 0 atom stereocenters. The minimum Gasteiger partial charge on any atom is -0.455 e. The molecule has 0 spiro atoms. The molecule has 1 amide bonds.